The Morgan fingerprint density at radius 3 is 2.28 bits per heavy atom. The molecule has 104 valence electrons. The molecule has 2 atom stereocenters. The SMILES string of the molecule is CC(C)C[C@H](CN(O)C=O)C(=O)N[C@H](C)C(=O)O. The van der Waals surface area contributed by atoms with Crippen LogP contribution in [-0.2, 0) is 14.4 Å². The number of amides is 2. The van der Waals surface area contributed by atoms with Crippen molar-refractivity contribution in [3.8, 4) is 0 Å². The van der Waals surface area contributed by atoms with E-state index < -0.39 is 23.8 Å². The monoisotopic (exact) mass is 260 g/mol. The van der Waals surface area contributed by atoms with Crippen LogP contribution in [-0.4, -0.2) is 46.3 Å². The summed E-state index contributed by atoms with van der Waals surface area (Å²) in [6.45, 7) is 4.98. The fourth-order valence-corrected chi connectivity index (χ4v) is 1.50. The number of carboxylic acids is 1. The van der Waals surface area contributed by atoms with Gasteiger partial charge in [-0.3, -0.25) is 19.6 Å². The molecule has 7 heteroatoms. The van der Waals surface area contributed by atoms with Crippen molar-refractivity contribution in [2.45, 2.75) is 33.2 Å². The van der Waals surface area contributed by atoms with Gasteiger partial charge < -0.3 is 10.4 Å². The third kappa shape index (κ3) is 6.19. The maximum atomic E-state index is 11.8. The van der Waals surface area contributed by atoms with Crippen molar-refractivity contribution < 1.29 is 24.7 Å². The predicted octanol–water partition coefficient (Wildman–Crippen LogP) is 0.0856. The molecule has 0 aliphatic carbocycles. The lowest BCUT2D eigenvalue weighted by molar-refractivity contribution is -0.155. The summed E-state index contributed by atoms with van der Waals surface area (Å²) in [4.78, 5) is 32.8. The van der Waals surface area contributed by atoms with Crippen LogP contribution in [0.2, 0.25) is 0 Å². The van der Waals surface area contributed by atoms with Gasteiger partial charge in [0.1, 0.15) is 6.04 Å². The number of carbonyl (C=O) groups excluding carboxylic acids is 2. The molecule has 0 saturated heterocycles. The number of nitrogens with zero attached hydrogens (tertiary/aromatic N) is 1. The number of hydrogen-bond donors (Lipinski definition) is 3. The van der Waals surface area contributed by atoms with Crippen LogP contribution in [0.1, 0.15) is 27.2 Å². The van der Waals surface area contributed by atoms with Crippen molar-refractivity contribution >= 4 is 18.3 Å². The number of rotatable bonds is 8. The minimum absolute atomic E-state index is 0.153. The summed E-state index contributed by atoms with van der Waals surface area (Å²) in [6, 6.07) is -1.00. The highest BCUT2D eigenvalue weighted by atomic mass is 16.5. The van der Waals surface area contributed by atoms with Gasteiger partial charge in [-0.2, -0.15) is 0 Å². The van der Waals surface area contributed by atoms with Crippen molar-refractivity contribution in [1.82, 2.24) is 10.4 Å². The largest absolute Gasteiger partial charge is 0.480 e. The van der Waals surface area contributed by atoms with Crippen LogP contribution in [0.5, 0.6) is 0 Å². The van der Waals surface area contributed by atoms with E-state index in [1.165, 1.54) is 6.92 Å². The Bertz CT molecular complexity index is 306. The molecule has 0 aliphatic heterocycles. The topological polar surface area (TPSA) is 107 Å². The summed E-state index contributed by atoms with van der Waals surface area (Å²) in [5.74, 6) is -2.08. The van der Waals surface area contributed by atoms with Crippen LogP contribution in [0.25, 0.3) is 0 Å². The smallest absolute Gasteiger partial charge is 0.325 e. The third-order valence-corrected chi connectivity index (χ3v) is 2.39. The molecule has 7 nitrogen and oxygen atoms in total. The second-order valence-corrected chi connectivity index (χ2v) is 4.62. The molecule has 0 rings (SSSR count). The van der Waals surface area contributed by atoms with E-state index in [0.29, 0.717) is 11.5 Å². The predicted molar refractivity (Wildman–Crippen MR) is 62.7 cm³/mol. The lowest BCUT2D eigenvalue weighted by Gasteiger charge is -2.22. The summed E-state index contributed by atoms with van der Waals surface area (Å²) in [7, 11) is 0. The Kier molecular flexibility index (Phi) is 6.96. The zero-order chi connectivity index (χ0) is 14.3. The highest BCUT2D eigenvalue weighted by Gasteiger charge is 2.24. The number of hydroxylamine groups is 2. The van der Waals surface area contributed by atoms with Gasteiger partial charge in [0, 0.05) is 0 Å². The van der Waals surface area contributed by atoms with Gasteiger partial charge >= 0.3 is 5.97 Å². The molecule has 2 amide bonds. The van der Waals surface area contributed by atoms with Crippen LogP contribution in [0.3, 0.4) is 0 Å². The molecule has 0 bridgehead atoms. The Labute approximate surface area is 106 Å². The summed E-state index contributed by atoms with van der Waals surface area (Å²) >= 11 is 0. The molecule has 0 spiro atoms. The molecule has 0 unspecified atom stereocenters. The van der Waals surface area contributed by atoms with Crippen molar-refractivity contribution in [1.29, 1.82) is 0 Å². The number of carbonyl (C=O) groups is 3. The summed E-state index contributed by atoms with van der Waals surface area (Å²) < 4.78 is 0. The van der Waals surface area contributed by atoms with Crippen molar-refractivity contribution in [3.05, 3.63) is 0 Å². The first-order valence-electron chi connectivity index (χ1n) is 5.71. The highest BCUT2D eigenvalue weighted by molar-refractivity contribution is 5.84. The van der Waals surface area contributed by atoms with Gasteiger partial charge in [0.15, 0.2) is 0 Å². The van der Waals surface area contributed by atoms with Gasteiger partial charge in [0.25, 0.3) is 0 Å². The van der Waals surface area contributed by atoms with Gasteiger partial charge in [-0.1, -0.05) is 13.8 Å². The maximum absolute atomic E-state index is 11.8. The summed E-state index contributed by atoms with van der Waals surface area (Å²) in [5, 5.41) is 20.5. The van der Waals surface area contributed by atoms with Crippen molar-refractivity contribution in [2.24, 2.45) is 11.8 Å². The first kappa shape index (κ1) is 16.4. The Hall–Kier alpha value is -1.63. The normalized spacial score (nSPS) is 13.8. The maximum Gasteiger partial charge on any atom is 0.325 e. The number of carboxylic acid groups (broad SMARTS) is 1. The second kappa shape index (κ2) is 7.65. The van der Waals surface area contributed by atoms with E-state index >= 15 is 0 Å². The Morgan fingerprint density at radius 2 is 1.89 bits per heavy atom. The van der Waals surface area contributed by atoms with Gasteiger partial charge in [-0.15, -0.1) is 0 Å². The van der Waals surface area contributed by atoms with Gasteiger partial charge in [0.05, 0.1) is 12.5 Å². The quantitative estimate of drug-likeness (QED) is 0.325. The minimum Gasteiger partial charge on any atom is -0.480 e. The van der Waals surface area contributed by atoms with Crippen LogP contribution < -0.4 is 5.32 Å². The molecule has 0 aliphatic rings. The van der Waals surface area contributed by atoms with Crippen LogP contribution in [0.4, 0.5) is 0 Å². The van der Waals surface area contributed by atoms with E-state index in [1.807, 2.05) is 13.8 Å². The zero-order valence-corrected chi connectivity index (χ0v) is 10.8. The number of nitrogens with one attached hydrogen (secondary N) is 1. The average Bonchev–Trinajstić information content (AvgIpc) is 2.26. The van der Waals surface area contributed by atoms with Crippen molar-refractivity contribution in [2.75, 3.05) is 6.54 Å². The van der Waals surface area contributed by atoms with Gasteiger partial charge in [0.2, 0.25) is 12.3 Å². The molecule has 0 aromatic rings. The zero-order valence-electron chi connectivity index (χ0n) is 10.8. The fourth-order valence-electron chi connectivity index (χ4n) is 1.50. The lowest BCUT2D eigenvalue weighted by Crippen LogP contribution is -2.44. The third-order valence-electron chi connectivity index (χ3n) is 2.39. The van der Waals surface area contributed by atoms with E-state index in [4.69, 9.17) is 10.3 Å². The molecule has 0 heterocycles. The molecular formula is C11H20N2O5. The molecule has 0 saturated carbocycles. The fraction of sp³-hybridized carbons (Fsp3) is 0.727. The van der Waals surface area contributed by atoms with Crippen molar-refractivity contribution in [3.63, 3.8) is 0 Å². The molecule has 0 aromatic carbocycles. The number of hydrogen-bond acceptors (Lipinski definition) is 4. The standard InChI is InChI=1S/C11H20N2O5/c1-7(2)4-9(5-13(18)6-14)10(15)12-8(3)11(16)17/h6-9,18H,4-5H2,1-3H3,(H,12,15)(H,16,17)/t8-,9-/m1/s1. The van der Waals surface area contributed by atoms with E-state index in [9.17, 15) is 14.4 Å². The summed E-state index contributed by atoms with van der Waals surface area (Å²) in [6.07, 6.45) is 0.657. The van der Waals surface area contributed by atoms with Crippen LogP contribution in [0, 0.1) is 11.8 Å². The molecular weight excluding hydrogens is 240 g/mol. The average molecular weight is 260 g/mol. The number of aliphatic carboxylic acids is 1. The Morgan fingerprint density at radius 1 is 1.33 bits per heavy atom. The summed E-state index contributed by atoms with van der Waals surface area (Å²) in [5.41, 5.74) is 0. The highest BCUT2D eigenvalue weighted by Crippen LogP contribution is 2.13. The van der Waals surface area contributed by atoms with Gasteiger partial charge in [-0.05, 0) is 19.3 Å². The first-order valence-corrected chi connectivity index (χ1v) is 5.71. The molecule has 18 heavy (non-hydrogen) atoms. The molecule has 0 aromatic heterocycles. The second-order valence-electron chi connectivity index (χ2n) is 4.62. The van der Waals surface area contributed by atoms with E-state index in [2.05, 4.69) is 5.32 Å². The lowest BCUT2D eigenvalue weighted by atomic mass is 9.96. The minimum atomic E-state index is -1.14. The first-order chi connectivity index (χ1) is 8.27. The molecule has 0 fully saturated rings. The van der Waals surface area contributed by atoms with Crippen LogP contribution >= 0.6 is 0 Å². The molecule has 0 radical (unpaired) electrons. The van der Waals surface area contributed by atoms with E-state index in [-0.39, 0.29) is 18.9 Å². The van der Waals surface area contributed by atoms with E-state index in [1.54, 1.807) is 0 Å². The van der Waals surface area contributed by atoms with Crippen LogP contribution in [0.15, 0.2) is 0 Å². The van der Waals surface area contributed by atoms with Gasteiger partial charge in [-0.25, -0.2) is 5.06 Å². The Balaban J connectivity index is 4.58. The molecule has 3 N–H and O–H groups in total. The van der Waals surface area contributed by atoms with E-state index in [0.717, 1.165) is 0 Å².